The van der Waals surface area contributed by atoms with Crippen molar-refractivity contribution in [3.8, 4) is 0 Å². The van der Waals surface area contributed by atoms with Crippen LogP contribution in [0.4, 0.5) is 0 Å². The van der Waals surface area contributed by atoms with E-state index in [2.05, 4.69) is 36.3 Å². The Hall–Kier alpha value is -1.32. The molecule has 0 bridgehead atoms. The molecule has 1 heterocycles. The minimum Gasteiger partial charge on any atom is -0.464 e. The molecular weight excluding hydrogens is 212 g/mol. The van der Waals surface area contributed by atoms with Crippen molar-refractivity contribution in [3.63, 3.8) is 0 Å². The number of fused-ring (bicyclic) bond motifs is 1. The van der Waals surface area contributed by atoms with Crippen molar-refractivity contribution in [2.75, 3.05) is 26.7 Å². The summed E-state index contributed by atoms with van der Waals surface area (Å²) in [5, 5.41) is 4.56. The first-order chi connectivity index (χ1) is 8.31. The maximum absolute atomic E-state index is 5.53. The van der Waals surface area contributed by atoms with Gasteiger partial charge in [-0.3, -0.25) is 0 Å². The molecule has 2 aromatic rings. The highest BCUT2D eigenvalue weighted by Gasteiger charge is 2.07. The van der Waals surface area contributed by atoms with Crippen LogP contribution in [0.3, 0.4) is 0 Å². The molecule has 92 valence electrons. The standard InChI is InChI=1S/C14H20N2O/c1-3-15-8-9-16(2)10-12-11-17-14-7-5-4-6-13(12)14/h4-7,11,15H,3,8-10H2,1-2H3. The molecule has 0 spiro atoms. The molecule has 3 nitrogen and oxygen atoms in total. The van der Waals surface area contributed by atoms with Gasteiger partial charge in [0.05, 0.1) is 6.26 Å². The first kappa shape index (κ1) is 12.1. The zero-order chi connectivity index (χ0) is 12.1. The normalized spacial score (nSPS) is 11.5. The number of furan rings is 1. The lowest BCUT2D eigenvalue weighted by Gasteiger charge is -2.15. The largest absolute Gasteiger partial charge is 0.464 e. The van der Waals surface area contributed by atoms with Crippen molar-refractivity contribution in [1.29, 1.82) is 0 Å². The third-order valence-electron chi connectivity index (χ3n) is 2.92. The Morgan fingerprint density at radius 1 is 1.29 bits per heavy atom. The third kappa shape index (κ3) is 3.08. The number of hydrogen-bond donors (Lipinski definition) is 1. The molecule has 0 saturated heterocycles. The van der Waals surface area contributed by atoms with E-state index in [0.29, 0.717) is 0 Å². The summed E-state index contributed by atoms with van der Waals surface area (Å²) in [6.45, 7) is 6.17. The quantitative estimate of drug-likeness (QED) is 0.776. The Balaban J connectivity index is 1.98. The summed E-state index contributed by atoms with van der Waals surface area (Å²) in [6.07, 6.45) is 1.87. The molecule has 2 rings (SSSR count). The highest BCUT2D eigenvalue weighted by Crippen LogP contribution is 2.21. The van der Waals surface area contributed by atoms with Crippen LogP contribution in [-0.2, 0) is 6.54 Å². The van der Waals surface area contributed by atoms with Crippen LogP contribution in [-0.4, -0.2) is 31.6 Å². The minimum atomic E-state index is 0.933. The summed E-state index contributed by atoms with van der Waals surface area (Å²) >= 11 is 0. The van der Waals surface area contributed by atoms with Crippen LogP contribution >= 0.6 is 0 Å². The van der Waals surface area contributed by atoms with Gasteiger partial charge in [0.15, 0.2) is 0 Å². The Labute approximate surface area is 102 Å². The molecule has 0 atom stereocenters. The van der Waals surface area contributed by atoms with E-state index < -0.39 is 0 Å². The van der Waals surface area contributed by atoms with E-state index in [9.17, 15) is 0 Å². The van der Waals surface area contributed by atoms with Gasteiger partial charge in [-0.05, 0) is 19.7 Å². The van der Waals surface area contributed by atoms with Gasteiger partial charge in [0.2, 0.25) is 0 Å². The molecule has 1 aromatic heterocycles. The number of likely N-dealkylation sites (N-methyl/N-ethyl adjacent to an activating group) is 2. The molecule has 0 radical (unpaired) electrons. The molecule has 0 fully saturated rings. The number of hydrogen-bond acceptors (Lipinski definition) is 3. The van der Waals surface area contributed by atoms with Gasteiger partial charge in [-0.1, -0.05) is 25.1 Å². The van der Waals surface area contributed by atoms with E-state index in [4.69, 9.17) is 4.42 Å². The van der Waals surface area contributed by atoms with Gasteiger partial charge >= 0.3 is 0 Å². The number of para-hydroxylation sites is 1. The molecule has 3 heteroatoms. The SMILES string of the molecule is CCNCCN(C)Cc1coc2ccccc12. The minimum absolute atomic E-state index is 0.933. The molecule has 0 saturated carbocycles. The van der Waals surface area contributed by atoms with Crippen molar-refractivity contribution in [1.82, 2.24) is 10.2 Å². The van der Waals surface area contributed by atoms with Crippen LogP contribution in [0, 0.1) is 0 Å². The topological polar surface area (TPSA) is 28.4 Å². The number of nitrogens with zero attached hydrogens (tertiary/aromatic N) is 1. The van der Waals surface area contributed by atoms with Gasteiger partial charge in [0, 0.05) is 30.6 Å². The second kappa shape index (κ2) is 5.84. The van der Waals surface area contributed by atoms with Crippen molar-refractivity contribution < 1.29 is 4.42 Å². The van der Waals surface area contributed by atoms with E-state index in [-0.39, 0.29) is 0 Å². The Morgan fingerprint density at radius 2 is 2.12 bits per heavy atom. The van der Waals surface area contributed by atoms with Crippen LogP contribution in [0.15, 0.2) is 34.9 Å². The lowest BCUT2D eigenvalue weighted by molar-refractivity contribution is 0.325. The van der Waals surface area contributed by atoms with E-state index in [0.717, 1.165) is 31.8 Å². The number of rotatable bonds is 6. The average Bonchev–Trinajstić information content (AvgIpc) is 2.73. The number of benzene rings is 1. The maximum atomic E-state index is 5.53. The van der Waals surface area contributed by atoms with E-state index in [1.165, 1.54) is 10.9 Å². The van der Waals surface area contributed by atoms with Crippen LogP contribution in [0.2, 0.25) is 0 Å². The van der Waals surface area contributed by atoms with Crippen molar-refractivity contribution >= 4 is 11.0 Å². The lowest BCUT2D eigenvalue weighted by atomic mass is 10.2. The summed E-state index contributed by atoms with van der Waals surface area (Å²) in [4.78, 5) is 2.31. The molecular formula is C14H20N2O. The molecule has 0 amide bonds. The van der Waals surface area contributed by atoms with E-state index >= 15 is 0 Å². The Bertz CT molecular complexity index is 464. The third-order valence-corrected chi connectivity index (χ3v) is 2.92. The van der Waals surface area contributed by atoms with Gasteiger partial charge in [0.25, 0.3) is 0 Å². The Kier molecular flexibility index (Phi) is 4.18. The summed E-state index contributed by atoms with van der Waals surface area (Å²) in [7, 11) is 2.14. The van der Waals surface area contributed by atoms with Crippen molar-refractivity contribution in [3.05, 3.63) is 36.1 Å². The van der Waals surface area contributed by atoms with Gasteiger partial charge < -0.3 is 14.6 Å². The number of nitrogens with one attached hydrogen (secondary N) is 1. The van der Waals surface area contributed by atoms with Crippen LogP contribution in [0.1, 0.15) is 12.5 Å². The first-order valence-corrected chi connectivity index (χ1v) is 6.15. The second-order valence-electron chi connectivity index (χ2n) is 4.35. The molecule has 1 aromatic carbocycles. The van der Waals surface area contributed by atoms with E-state index in [1.54, 1.807) is 0 Å². The molecule has 0 aliphatic carbocycles. The average molecular weight is 232 g/mol. The summed E-state index contributed by atoms with van der Waals surface area (Å²) in [5.74, 6) is 0. The van der Waals surface area contributed by atoms with Gasteiger partial charge in [-0.25, -0.2) is 0 Å². The van der Waals surface area contributed by atoms with Gasteiger partial charge in [-0.2, -0.15) is 0 Å². The molecule has 0 aliphatic heterocycles. The van der Waals surface area contributed by atoms with Crippen molar-refractivity contribution in [2.24, 2.45) is 0 Å². The lowest BCUT2D eigenvalue weighted by Crippen LogP contribution is -2.28. The van der Waals surface area contributed by atoms with E-state index in [1.807, 2.05) is 18.4 Å². The van der Waals surface area contributed by atoms with Gasteiger partial charge in [0.1, 0.15) is 5.58 Å². The monoisotopic (exact) mass is 232 g/mol. The maximum Gasteiger partial charge on any atom is 0.134 e. The first-order valence-electron chi connectivity index (χ1n) is 6.15. The summed E-state index contributed by atoms with van der Waals surface area (Å²) < 4.78 is 5.53. The predicted molar refractivity (Wildman–Crippen MR) is 71.1 cm³/mol. The highest BCUT2D eigenvalue weighted by molar-refractivity contribution is 5.80. The second-order valence-corrected chi connectivity index (χ2v) is 4.35. The van der Waals surface area contributed by atoms with Gasteiger partial charge in [-0.15, -0.1) is 0 Å². The van der Waals surface area contributed by atoms with Crippen LogP contribution < -0.4 is 5.32 Å². The molecule has 0 aliphatic rings. The highest BCUT2D eigenvalue weighted by atomic mass is 16.3. The molecule has 0 unspecified atom stereocenters. The fourth-order valence-corrected chi connectivity index (χ4v) is 1.97. The zero-order valence-electron chi connectivity index (χ0n) is 10.6. The smallest absolute Gasteiger partial charge is 0.134 e. The summed E-state index contributed by atoms with van der Waals surface area (Å²) in [5.41, 5.74) is 2.24. The molecule has 17 heavy (non-hydrogen) atoms. The van der Waals surface area contributed by atoms with Crippen LogP contribution in [0.5, 0.6) is 0 Å². The van der Waals surface area contributed by atoms with Crippen LogP contribution in [0.25, 0.3) is 11.0 Å². The van der Waals surface area contributed by atoms with Crippen molar-refractivity contribution in [2.45, 2.75) is 13.5 Å². The predicted octanol–water partition coefficient (Wildman–Crippen LogP) is 2.47. The fourth-order valence-electron chi connectivity index (χ4n) is 1.97. The fraction of sp³-hybridized carbons (Fsp3) is 0.429. The zero-order valence-corrected chi connectivity index (χ0v) is 10.6. The summed E-state index contributed by atoms with van der Waals surface area (Å²) in [6, 6.07) is 8.19. The Morgan fingerprint density at radius 3 is 2.94 bits per heavy atom. The molecule has 1 N–H and O–H groups in total.